The Balaban J connectivity index is 1.79. The van der Waals surface area contributed by atoms with E-state index in [1.807, 2.05) is 6.07 Å². The highest BCUT2D eigenvalue weighted by Crippen LogP contribution is 2.36. The molecule has 1 saturated heterocycles. The number of halogens is 1. The Morgan fingerprint density at radius 3 is 2.88 bits per heavy atom. The van der Waals surface area contributed by atoms with Crippen LogP contribution in [0.5, 0.6) is 5.75 Å². The van der Waals surface area contributed by atoms with Gasteiger partial charge in [0, 0.05) is 24.7 Å². The van der Waals surface area contributed by atoms with E-state index in [2.05, 4.69) is 32.8 Å². The topological polar surface area (TPSA) is 77.8 Å². The van der Waals surface area contributed by atoms with Gasteiger partial charge in [0.15, 0.2) is 11.4 Å². The maximum Gasteiger partial charge on any atom is 0.183 e. The summed E-state index contributed by atoms with van der Waals surface area (Å²) in [4.78, 5) is 14.2. The molecule has 128 valence electrons. The molecular formula is C18H18ClN5O. The summed E-state index contributed by atoms with van der Waals surface area (Å²) in [5.41, 5.74) is 1.80. The summed E-state index contributed by atoms with van der Waals surface area (Å²) < 4.78 is 6.29. The third kappa shape index (κ3) is 2.90. The first kappa shape index (κ1) is 16.1. The van der Waals surface area contributed by atoms with Crippen molar-refractivity contribution in [3.05, 3.63) is 29.2 Å². The first-order chi connectivity index (χ1) is 12.2. The number of hydrogen-bond acceptors (Lipinski definition) is 5. The van der Waals surface area contributed by atoms with Crippen LogP contribution >= 0.6 is 11.6 Å². The van der Waals surface area contributed by atoms with Gasteiger partial charge in [0.1, 0.15) is 17.8 Å². The van der Waals surface area contributed by atoms with E-state index in [1.54, 1.807) is 12.4 Å². The molecule has 4 rings (SSSR count). The highest BCUT2D eigenvalue weighted by Gasteiger charge is 2.23. The lowest BCUT2D eigenvalue weighted by Gasteiger charge is -2.31. The number of piperidine rings is 1. The monoisotopic (exact) mass is 355 g/mol. The van der Waals surface area contributed by atoms with E-state index in [1.165, 1.54) is 0 Å². The lowest BCUT2D eigenvalue weighted by molar-refractivity contribution is 0.104. The predicted octanol–water partition coefficient (Wildman–Crippen LogP) is 3.50. The fourth-order valence-electron chi connectivity index (χ4n) is 3.42. The summed E-state index contributed by atoms with van der Waals surface area (Å²) in [6, 6.07) is 4.00. The molecule has 0 unspecified atom stereocenters. The summed E-state index contributed by atoms with van der Waals surface area (Å²) in [6.45, 7) is 5.24. The number of pyridine rings is 2. The van der Waals surface area contributed by atoms with Crippen molar-refractivity contribution in [2.24, 2.45) is 0 Å². The van der Waals surface area contributed by atoms with Crippen LogP contribution in [0, 0.1) is 11.3 Å². The van der Waals surface area contributed by atoms with E-state index in [4.69, 9.17) is 16.3 Å². The molecule has 3 aromatic rings. The van der Waals surface area contributed by atoms with Crippen molar-refractivity contribution < 1.29 is 4.74 Å². The smallest absolute Gasteiger partial charge is 0.183 e. The molecule has 0 aliphatic carbocycles. The van der Waals surface area contributed by atoms with Gasteiger partial charge >= 0.3 is 0 Å². The SMILES string of the molecule is CCN1CCC(Oc2c(C#N)ncc3[nH]c4ncc(Cl)cc4c23)CC1. The zero-order valence-corrected chi connectivity index (χ0v) is 14.7. The van der Waals surface area contributed by atoms with Crippen molar-refractivity contribution >= 4 is 33.5 Å². The van der Waals surface area contributed by atoms with Crippen LogP contribution in [0.25, 0.3) is 21.9 Å². The maximum absolute atomic E-state index is 9.50. The van der Waals surface area contributed by atoms with Crippen molar-refractivity contribution in [3.8, 4) is 11.8 Å². The largest absolute Gasteiger partial charge is 0.487 e. The van der Waals surface area contributed by atoms with Crippen LogP contribution in [-0.4, -0.2) is 45.6 Å². The average Bonchev–Trinajstić information content (AvgIpc) is 3.00. The van der Waals surface area contributed by atoms with Gasteiger partial charge in [-0.2, -0.15) is 5.26 Å². The molecule has 3 aromatic heterocycles. The van der Waals surface area contributed by atoms with E-state index < -0.39 is 0 Å². The van der Waals surface area contributed by atoms with Gasteiger partial charge in [0.2, 0.25) is 0 Å². The molecule has 25 heavy (non-hydrogen) atoms. The van der Waals surface area contributed by atoms with Gasteiger partial charge in [-0.05, 0) is 25.5 Å². The normalized spacial score (nSPS) is 16.4. The van der Waals surface area contributed by atoms with Gasteiger partial charge in [-0.1, -0.05) is 18.5 Å². The lowest BCUT2D eigenvalue weighted by atomic mass is 10.1. The molecule has 0 amide bonds. The Hall–Kier alpha value is -2.36. The number of fused-ring (bicyclic) bond motifs is 3. The van der Waals surface area contributed by atoms with E-state index in [0.29, 0.717) is 22.1 Å². The van der Waals surface area contributed by atoms with Gasteiger partial charge in [0.05, 0.1) is 22.1 Å². The molecule has 1 aliphatic rings. The lowest BCUT2D eigenvalue weighted by Crippen LogP contribution is -2.38. The van der Waals surface area contributed by atoms with Gasteiger partial charge in [-0.15, -0.1) is 0 Å². The molecule has 6 nitrogen and oxygen atoms in total. The third-order valence-corrected chi connectivity index (χ3v) is 4.99. The number of nitrogens with one attached hydrogen (secondary N) is 1. The zero-order chi connectivity index (χ0) is 17.4. The molecular weight excluding hydrogens is 338 g/mol. The van der Waals surface area contributed by atoms with Crippen LogP contribution in [-0.2, 0) is 0 Å². The molecule has 0 saturated carbocycles. The number of hydrogen-bond donors (Lipinski definition) is 1. The highest BCUT2D eigenvalue weighted by atomic mass is 35.5. The number of ether oxygens (including phenoxy) is 1. The molecule has 0 radical (unpaired) electrons. The number of aromatic amines is 1. The summed E-state index contributed by atoms with van der Waals surface area (Å²) in [5.74, 6) is 0.533. The second-order valence-corrected chi connectivity index (χ2v) is 6.70. The Morgan fingerprint density at radius 2 is 2.16 bits per heavy atom. The van der Waals surface area contributed by atoms with Crippen molar-refractivity contribution in [2.75, 3.05) is 19.6 Å². The van der Waals surface area contributed by atoms with Gasteiger partial charge in [-0.25, -0.2) is 9.97 Å². The first-order valence-electron chi connectivity index (χ1n) is 8.44. The Morgan fingerprint density at radius 1 is 1.36 bits per heavy atom. The molecule has 4 heterocycles. The van der Waals surface area contributed by atoms with E-state index >= 15 is 0 Å². The zero-order valence-electron chi connectivity index (χ0n) is 13.9. The number of rotatable bonds is 3. The summed E-state index contributed by atoms with van der Waals surface area (Å²) in [7, 11) is 0. The number of nitriles is 1. The molecule has 1 fully saturated rings. The predicted molar refractivity (Wildman–Crippen MR) is 96.9 cm³/mol. The molecule has 0 aromatic carbocycles. The molecule has 1 N–H and O–H groups in total. The second-order valence-electron chi connectivity index (χ2n) is 6.26. The van der Waals surface area contributed by atoms with Crippen LogP contribution in [0.4, 0.5) is 0 Å². The Kier molecular flexibility index (Phi) is 4.20. The van der Waals surface area contributed by atoms with Crippen LogP contribution in [0.15, 0.2) is 18.5 Å². The van der Waals surface area contributed by atoms with Gasteiger partial charge in [-0.3, -0.25) is 0 Å². The van der Waals surface area contributed by atoms with Gasteiger partial charge < -0.3 is 14.6 Å². The number of H-pyrrole nitrogens is 1. The van der Waals surface area contributed by atoms with E-state index in [-0.39, 0.29) is 6.10 Å². The van der Waals surface area contributed by atoms with Crippen LogP contribution in [0.1, 0.15) is 25.5 Å². The minimum atomic E-state index is 0.0828. The fourth-order valence-corrected chi connectivity index (χ4v) is 3.57. The average molecular weight is 356 g/mol. The molecule has 7 heteroatoms. The van der Waals surface area contributed by atoms with Crippen LogP contribution in [0.3, 0.4) is 0 Å². The summed E-state index contributed by atoms with van der Waals surface area (Å²) in [6.07, 6.45) is 5.21. The fraction of sp³-hybridized carbons (Fsp3) is 0.389. The van der Waals surface area contributed by atoms with Crippen LogP contribution in [0.2, 0.25) is 5.02 Å². The van der Waals surface area contributed by atoms with Crippen molar-refractivity contribution in [1.29, 1.82) is 5.26 Å². The van der Waals surface area contributed by atoms with Crippen molar-refractivity contribution in [1.82, 2.24) is 19.9 Å². The standard InChI is InChI=1S/C18H18ClN5O/c1-2-24-5-3-12(4-6-24)25-17-14(8-20)21-10-15-16(17)13-7-11(19)9-22-18(13)23-15/h7,9-10,12H,2-6H2,1H3,(H,22,23). The second kappa shape index (κ2) is 6.51. The number of nitrogens with zero attached hydrogens (tertiary/aromatic N) is 4. The van der Waals surface area contributed by atoms with Crippen LogP contribution < -0.4 is 4.74 Å². The van der Waals surface area contributed by atoms with E-state index in [0.717, 1.165) is 48.8 Å². The Bertz CT molecular complexity index is 969. The van der Waals surface area contributed by atoms with E-state index in [9.17, 15) is 5.26 Å². The highest BCUT2D eigenvalue weighted by molar-refractivity contribution is 6.31. The first-order valence-corrected chi connectivity index (χ1v) is 8.82. The molecule has 0 bridgehead atoms. The third-order valence-electron chi connectivity index (χ3n) is 4.78. The number of likely N-dealkylation sites (tertiary alicyclic amines) is 1. The number of aromatic nitrogens is 3. The summed E-state index contributed by atoms with van der Waals surface area (Å²) in [5, 5.41) is 11.7. The molecule has 0 atom stereocenters. The molecule has 0 spiro atoms. The molecule has 1 aliphatic heterocycles. The van der Waals surface area contributed by atoms with Gasteiger partial charge in [0.25, 0.3) is 0 Å². The maximum atomic E-state index is 9.50. The quantitative estimate of drug-likeness (QED) is 0.778. The minimum absolute atomic E-state index is 0.0828. The Labute approximate surface area is 150 Å². The van der Waals surface area contributed by atoms with Crippen molar-refractivity contribution in [2.45, 2.75) is 25.9 Å². The van der Waals surface area contributed by atoms with Crippen molar-refractivity contribution in [3.63, 3.8) is 0 Å². The summed E-state index contributed by atoms with van der Waals surface area (Å²) >= 11 is 6.12. The minimum Gasteiger partial charge on any atom is -0.487 e.